The van der Waals surface area contributed by atoms with Crippen molar-refractivity contribution in [1.29, 1.82) is 0 Å². The Bertz CT molecular complexity index is 652. The summed E-state index contributed by atoms with van der Waals surface area (Å²) in [6.45, 7) is 6.16. The number of nitrogens with one attached hydrogen (secondary N) is 1. The van der Waals surface area contributed by atoms with Crippen molar-refractivity contribution in [2.45, 2.75) is 26.7 Å². The fourth-order valence-electron chi connectivity index (χ4n) is 2.38. The number of carbonyl (C=O) groups excluding carboxylic acids is 1. The molecule has 0 bridgehead atoms. The Morgan fingerprint density at radius 2 is 1.79 bits per heavy atom. The van der Waals surface area contributed by atoms with Crippen molar-refractivity contribution < 1.29 is 9.53 Å². The maximum atomic E-state index is 11.5. The Hall–Kier alpha value is -2.63. The van der Waals surface area contributed by atoms with E-state index in [1.807, 2.05) is 18.2 Å². The first kappa shape index (κ1) is 17.7. The summed E-state index contributed by atoms with van der Waals surface area (Å²) in [5.41, 5.74) is 1.37. The van der Waals surface area contributed by atoms with Crippen molar-refractivity contribution in [3.05, 3.63) is 42.1 Å². The van der Waals surface area contributed by atoms with Crippen LogP contribution in [0.3, 0.4) is 0 Å². The van der Waals surface area contributed by atoms with Gasteiger partial charge in [-0.1, -0.05) is 13.8 Å². The Morgan fingerprint density at radius 3 is 2.38 bits per heavy atom. The second kappa shape index (κ2) is 8.86. The lowest BCUT2D eigenvalue weighted by atomic mass is 10.2. The molecule has 0 saturated carbocycles. The molecule has 2 rings (SSSR count). The molecule has 1 aromatic carbocycles. The number of ether oxygens (including phenoxy) is 1. The van der Waals surface area contributed by atoms with Gasteiger partial charge in [0.15, 0.2) is 0 Å². The highest BCUT2D eigenvalue weighted by molar-refractivity contribution is 5.89. The van der Waals surface area contributed by atoms with Crippen LogP contribution in [0.25, 0.3) is 0 Å². The highest BCUT2D eigenvalue weighted by atomic mass is 16.5. The van der Waals surface area contributed by atoms with E-state index in [4.69, 9.17) is 4.74 Å². The minimum Gasteiger partial charge on any atom is -0.465 e. The van der Waals surface area contributed by atoms with Gasteiger partial charge >= 0.3 is 5.97 Å². The van der Waals surface area contributed by atoms with Crippen LogP contribution in [0.1, 0.15) is 37.0 Å². The monoisotopic (exact) mass is 328 g/mol. The van der Waals surface area contributed by atoms with Crippen LogP contribution in [0.15, 0.2) is 36.5 Å². The van der Waals surface area contributed by atoms with Gasteiger partial charge in [0.25, 0.3) is 0 Å². The lowest BCUT2D eigenvalue weighted by molar-refractivity contribution is 0.0601. The van der Waals surface area contributed by atoms with E-state index in [1.165, 1.54) is 7.11 Å². The maximum absolute atomic E-state index is 11.5. The summed E-state index contributed by atoms with van der Waals surface area (Å²) in [5, 5.41) is 3.24. The average Bonchev–Trinajstić information content (AvgIpc) is 2.62. The van der Waals surface area contributed by atoms with Gasteiger partial charge in [-0.15, -0.1) is 0 Å². The topological polar surface area (TPSA) is 67.4 Å². The van der Waals surface area contributed by atoms with Crippen molar-refractivity contribution in [3.63, 3.8) is 0 Å². The van der Waals surface area contributed by atoms with Crippen LogP contribution in [0, 0.1) is 0 Å². The SMILES string of the molecule is CCCN(CCC)c1nccc(Nc2ccc(C(=O)OC)cc2)n1. The van der Waals surface area contributed by atoms with Gasteiger partial charge in [-0.05, 0) is 43.2 Å². The first-order valence-corrected chi connectivity index (χ1v) is 8.21. The zero-order valence-electron chi connectivity index (χ0n) is 14.5. The Morgan fingerprint density at radius 1 is 1.12 bits per heavy atom. The van der Waals surface area contributed by atoms with Crippen molar-refractivity contribution in [1.82, 2.24) is 9.97 Å². The number of anilines is 3. The quantitative estimate of drug-likeness (QED) is 0.746. The molecular formula is C18H24N4O2. The third-order valence-electron chi connectivity index (χ3n) is 3.49. The molecule has 0 aliphatic rings. The van der Waals surface area contributed by atoms with Crippen molar-refractivity contribution in [2.75, 3.05) is 30.4 Å². The summed E-state index contributed by atoms with van der Waals surface area (Å²) in [7, 11) is 1.37. The van der Waals surface area contributed by atoms with Gasteiger partial charge in [-0.2, -0.15) is 4.98 Å². The van der Waals surface area contributed by atoms with E-state index >= 15 is 0 Å². The highest BCUT2D eigenvalue weighted by Crippen LogP contribution is 2.18. The van der Waals surface area contributed by atoms with Gasteiger partial charge in [-0.3, -0.25) is 0 Å². The molecule has 1 heterocycles. The number of carbonyl (C=O) groups is 1. The van der Waals surface area contributed by atoms with Crippen LogP contribution >= 0.6 is 0 Å². The van der Waals surface area contributed by atoms with Crippen molar-refractivity contribution in [2.24, 2.45) is 0 Å². The molecule has 0 fully saturated rings. The third kappa shape index (κ3) is 4.68. The van der Waals surface area contributed by atoms with Gasteiger partial charge in [0.1, 0.15) is 5.82 Å². The Labute approximate surface area is 142 Å². The molecule has 0 aliphatic carbocycles. The van der Waals surface area contributed by atoms with E-state index in [-0.39, 0.29) is 5.97 Å². The van der Waals surface area contributed by atoms with E-state index in [0.29, 0.717) is 5.56 Å². The Balaban J connectivity index is 2.12. The van der Waals surface area contributed by atoms with Crippen molar-refractivity contribution in [3.8, 4) is 0 Å². The van der Waals surface area contributed by atoms with Crippen LogP contribution in [0.5, 0.6) is 0 Å². The first-order valence-electron chi connectivity index (χ1n) is 8.21. The van der Waals surface area contributed by atoms with E-state index in [0.717, 1.165) is 43.4 Å². The number of benzene rings is 1. The smallest absolute Gasteiger partial charge is 0.337 e. The lowest BCUT2D eigenvalue weighted by Gasteiger charge is -2.21. The van der Waals surface area contributed by atoms with E-state index in [9.17, 15) is 4.79 Å². The largest absolute Gasteiger partial charge is 0.465 e. The zero-order valence-corrected chi connectivity index (χ0v) is 14.5. The molecule has 24 heavy (non-hydrogen) atoms. The van der Waals surface area contributed by atoms with Crippen LogP contribution in [-0.4, -0.2) is 36.1 Å². The zero-order chi connectivity index (χ0) is 17.4. The Kier molecular flexibility index (Phi) is 6.54. The molecule has 6 heteroatoms. The van der Waals surface area contributed by atoms with Gasteiger partial charge in [0.05, 0.1) is 12.7 Å². The minimum absolute atomic E-state index is 0.347. The molecule has 1 N–H and O–H groups in total. The molecule has 0 radical (unpaired) electrons. The fourth-order valence-corrected chi connectivity index (χ4v) is 2.38. The van der Waals surface area contributed by atoms with Gasteiger partial charge < -0.3 is 15.0 Å². The molecule has 0 saturated heterocycles. The summed E-state index contributed by atoms with van der Waals surface area (Å²) < 4.78 is 4.70. The van der Waals surface area contributed by atoms with Crippen LogP contribution in [-0.2, 0) is 4.74 Å². The number of hydrogen-bond acceptors (Lipinski definition) is 6. The predicted molar refractivity (Wildman–Crippen MR) is 95.9 cm³/mol. The number of hydrogen-bond donors (Lipinski definition) is 1. The first-order chi connectivity index (χ1) is 11.7. The molecule has 0 spiro atoms. The second-order valence-electron chi connectivity index (χ2n) is 5.42. The lowest BCUT2D eigenvalue weighted by Crippen LogP contribution is -2.26. The molecule has 0 amide bonds. The molecule has 1 aromatic heterocycles. The molecule has 0 atom stereocenters. The number of rotatable bonds is 8. The molecule has 2 aromatic rings. The minimum atomic E-state index is -0.347. The van der Waals surface area contributed by atoms with Gasteiger partial charge in [0, 0.05) is 25.0 Å². The summed E-state index contributed by atoms with van der Waals surface area (Å²) in [5.74, 6) is 1.11. The second-order valence-corrected chi connectivity index (χ2v) is 5.42. The molecular weight excluding hydrogens is 304 g/mol. The van der Waals surface area contributed by atoms with Gasteiger partial charge in [0.2, 0.25) is 5.95 Å². The molecule has 6 nitrogen and oxygen atoms in total. The van der Waals surface area contributed by atoms with E-state index in [1.54, 1.807) is 18.3 Å². The summed E-state index contributed by atoms with van der Waals surface area (Å²) in [6, 6.07) is 8.91. The average molecular weight is 328 g/mol. The fraction of sp³-hybridized carbons (Fsp3) is 0.389. The number of nitrogens with zero attached hydrogens (tertiary/aromatic N) is 3. The van der Waals surface area contributed by atoms with E-state index < -0.39 is 0 Å². The molecule has 0 unspecified atom stereocenters. The van der Waals surface area contributed by atoms with Gasteiger partial charge in [-0.25, -0.2) is 9.78 Å². The van der Waals surface area contributed by atoms with Crippen LogP contribution < -0.4 is 10.2 Å². The van der Waals surface area contributed by atoms with Crippen molar-refractivity contribution >= 4 is 23.4 Å². The molecule has 128 valence electrons. The van der Waals surface area contributed by atoms with Crippen LogP contribution in [0.2, 0.25) is 0 Å². The number of aromatic nitrogens is 2. The maximum Gasteiger partial charge on any atom is 0.337 e. The highest BCUT2D eigenvalue weighted by Gasteiger charge is 2.09. The normalized spacial score (nSPS) is 10.3. The predicted octanol–water partition coefficient (Wildman–Crippen LogP) is 3.63. The van der Waals surface area contributed by atoms with E-state index in [2.05, 4.69) is 34.0 Å². The molecule has 0 aliphatic heterocycles. The summed E-state index contributed by atoms with van der Waals surface area (Å²) >= 11 is 0. The summed E-state index contributed by atoms with van der Waals surface area (Å²) in [6.07, 6.45) is 3.86. The summed E-state index contributed by atoms with van der Waals surface area (Å²) in [4.78, 5) is 22.6. The number of methoxy groups -OCH3 is 1. The van der Waals surface area contributed by atoms with Crippen LogP contribution in [0.4, 0.5) is 17.5 Å². The standard InChI is InChI=1S/C18H24N4O2/c1-4-12-22(13-5-2)18-19-11-10-16(21-18)20-15-8-6-14(7-9-15)17(23)24-3/h6-11H,4-5,12-13H2,1-3H3,(H,19,20,21). The third-order valence-corrected chi connectivity index (χ3v) is 3.49. The number of esters is 1.